The lowest BCUT2D eigenvalue weighted by molar-refractivity contribution is 0.477. The normalized spacial score (nSPS) is 12.2. The molecule has 4 nitrogen and oxygen atoms in total. The van der Waals surface area contributed by atoms with Gasteiger partial charge in [-0.1, -0.05) is 139 Å². The SMILES string of the molecule is CC(C)(C)c1cc(-c2cc(-c3cccc(-c4ncccc4-c4ccc5c(c4)c4ccccc4n5-c4ccc5sc6ccccc6c5c4)c3)nc(-c3ccccc3O)c2)cc(C(C)(C)C)c1. The second kappa shape index (κ2) is 15.4. The molecule has 4 aromatic heterocycles. The van der Waals surface area contributed by atoms with Crippen LogP contribution in [0.15, 0.2) is 182 Å². The molecule has 11 rings (SSSR count). The van der Waals surface area contributed by atoms with Crippen LogP contribution in [0.1, 0.15) is 52.7 Å². The van der Waals surface area contributed by atoms with E-state index in [1.54, 1.807) is 6.07 Å². The Labute approximate surface area is 384 Å². The van der Waals surface area contributed by atoms with Crippen LogP contribution in [-0.4, -0.2) is 19.6 Å². The van der Waals surface area contributed by atoms with Crippen molar-refractivity contribution < 1.29 is 5.11 Å². The number of aromatic nitrogens is 3. The molecule has 0 unspecified atom stereocenters. The molecule has 5 heteroatoms. The van der Waals surface area contributed by atoms with Gasteiger partial charge in [0.25, 0.3) is 0 Å². The van der Waals surface area contributed by atoms with Crippen molar-refractivity contribution in [2.45, 2.75) is 52.4 Å². The van der Waals surface area contributed by atoms with Crippen LogP contribution in [0, 0.1) is 0 Å². The van der Waals surface area contributed by atoms with Crippen LogP contribution < -0.4 is 0 Å². The fourth-order valence-electron chi connectivity index (χ4n) is 9.30. The highest BCUT2D eigenvalue weighted by molar-refractivity contribution is 7.25. The molecule has 0 spiro atoms. The van der Waals surface area contributed by atoms with Gasteiger partial charge in [-0.05, 0) is 118 Å². The van der Waals surface area contributed by atoms with Crippen molar-refractivity contribution in [1.29, 1.82) is 0 Å². The molecule has 0 radical (unpaired) electrons. The van der Waals surface area contributed by atoms with E-state index in [9.17, 15) is 5.11 Å². The molecule has 1 N–H and O–H groups in total. The number of nitrogens with zero attached hydrogens (tertiary/aromatic N) is 3. The number of thiophene rings is 1. The van der Waals surface area contributed by atoms with Crippen LogP contribution in [0.5, 0.6) is 5.75 Å². The van der Waals surface area contributed by atoms with E-state index in [2.05, 4.69) is 192 Å². The predicted molar refractivity (Wildman–Crippen MR) is 276 cm³/mol. The van der Waals surface area contributed by atoms with Crippen molar-refractivity contribution in [2.24, 2.45) is 0 Å². The van der Waals surface area contributed by atoms with Crippen LogP contribution >= 0.6 is 11.3 Å². The zero-order chi connectivity index (χ0) is 44.6. The van der Waals surface area contributed by atoms with Crippen LogP contribution in [-0.2, 0) is 10.8 Å². The predicted octanol–water partition coefficient (Wildman–Crippen LogP) is 16.6. The van der Waals surface area contributed by atoms with Gasteiger partial charge in [0.05, 0.1) is 28.1 Å². The zero-order valence-electron chi connectivity index (χ0n) is 37.5. The Balaban J connectivity index is 1.04. The number of pyridine rings is 2. The minimum Gasteiger partial charge on any atom is -0.507 e. The summed E-state index contributed by atoms with van der Waals surface area (Å²) in [7, 11) is 0. The summed E-state index contributed by atoms with van der Waals surface area (Å²) in [6.07, 6.45) is 1.88. The van der Waals surface area contributed by atoms with Gasteiger partial charge < -0.3 is 9.67 Å². The lowest BCUT2D eigenvalue weighted by Crippen LogP contribution is -2.16. The molecular formula is C60H49N3OS. The van der Waals surface area contributed by atoms with Gasteiger partial charge in [0.1, 0.15) is 5.75 Å². The van der Waals surface area contributed by atoms with Crippen LogP contribution in [0.4, 0.5) is 0 Å². The first-order valence-electron chi connectivity index (χ1n) is 22.4. The van der Waals surface area contributed by atoms with Gasteiger partial charge in [-0.15, -0.1) is 11.3 Å². The van der Waals surface area contributed by atoms with E-state index in [4.69, 9.17) is 9.97 Å². The molecule has 0 atom stereocenters. The second-order valence-electron chi connectivity index (χ2n) is 19.3. The smallest absolute Gasteiger partial charge is 0.124 e. The summed E-state index contributed by atoms with van der Waals surface area (Å²) in [5.74, 6) is 0.200. The molecule has 0 aliphatic carbocycles. The third kappa shape index (κ3) is 7.26. The third-order valence-electron chi connectivity index (χ3n) is 12.8. The van der Waals surface area contributed by atoms with Gasteiger partial charge in [-0.25, -0.2) is 4.98 Å². The Morgan fingerprint density at radius 3 is 1.91 bits per heavy atom. The number of hydrogen-bond donors (Lipinski definition) is 1. The van der Waals surface area contributed by atoms with Gasteiger partial charge in [-0.3, -0.25) is 4.98 Å². The number of para-hydroxylation sites is 2. The van der Waals surface area contributed by atoms with Crippen molar-refractivity contribution in [3.8, 4) is 67.5 Å². The number of aromatic hydroxyl groups is 1. The van der Waals surface area contributed by atoms with Crippen molar-refractivity contribution in [3.63, 3.8) is 0 Å². The Morgan fingerprint density at radius 2 is 1.11 bits per heavy atom. The number of benzene rings is 7. The minimum absolute atomic E-state index is 0.0442. The fourth-order valence-corrected chi connectivity index (χ4v) is 10.4. The topological polar surface area (TPSA) is 50.9 Å². The first-order valence-corrected chi connectivity index (χ1v) is 23.2. The maximum atomic E-state index is 11.1. The maximum Gasteiger partial charge on any atom is 0.124 e. The summed E-state index contributed by atoms with van der Waals surface area (Å²) < 4.78 is 5.01. The monoisotopic (exact) mass is 859 g/mol. The summed E-state index contributed by atoms with van der Waals surface area (Å²) in [5.41, 5.74) is 15.4. The lowest BCUT2D eigenvalue weighted by Gasteiger charge is -2.26. The molecule has 0 amide bonds. The van der Waals surface area contributed by atoms with Crippen molar-refractivity contribution in [1.82, 2.24) is 14.5 Å². The van der Waals surface area contributed by atoms with Crippen molar-refractivity contribution in [2.75, 3.05) is 0 Å². The second-order valence-corrected chi connectivity index (χ2v) is 20.4. The molecule has 65 heavy (non-hydrogen) atoms. The molecule has 0 bridgehead atoms. The maximum absolute atomic E-state index is 11.1. The molecule has 0 aliphatic heterocycles. The zero-order valence-corrected chi connectivity index (χ0v) is 38.3. The highest BCUT2D eigenvalue weighted by Gasteiger charge is 2.23. The standard InChI is InChI=1S/C60H49N3OS/c1-59(2,3)42-30-40(31-43(35-42)60(4,5)6)41-33-51(62-52(34-41)48-19-8-11-22-55(48)64)38-15-13-16-39(29-38)58-45(20-14-28-61-58)37-24-26-54-49(32-37)46-17-7-10-21-53(46)63(54)44-25-27-57-50(36-44)47-18-9-12-23-56(47)65-57/h7-36,64H,1-6H3. The molecular weight excluding hydrogens is 811 g/mol. The Morgan fingerprint density at radius 1 is 0.446 bits per heavy atom. The van der Waals surface area contributed by atoms with Crippen LogP contribution in [0.25, 0.3) is 104 Å². The molecule has 4 heterocycles. The average Bonchev–Trinajstić information content (AvgIpc) is 3.86. The molecule has 0 saturated carbocycles. The summed E-state index contributed by atoms with van der Waals surface area (Å²) in [4.78, 5) is 10.3. The largest absolute Gasteiger partial charge is 0.507 e. The summed E-state index contributed by atoms with van der Waals surface area (Å²) in [6.45, 7) is 13.6. The average molecular weight is 860 g/mol. The highest BCUT2D eigenvalue weighted by atomic mass is 32.1. The van der Waals surface area contributed by atoms with E-state index < -0.39 is 0 Å². The molecule has 0 saturated heterocycles. The summed E-state index contributed by atoms with van der Waals surface area (Å²) in [5, 5.41) is 16.1. The van der Waals surface area contributed by atoms with Gasteiger partial charge in [0.15, 0.2) is 0 Å². The van der Waals surface area contributed by atoms with Crippen molar-refractivity contribution >= 4 is 53.3 Å². The lowest BCUT2D eigenvalue weighted by atomic mass is 9.79. The van der Waals surface area contributed by atoms with Crippen LogP contribution in [0.3, 0.4) is 0 Å². The molecule has 7 aromatic carbocycles. The number of phenolic OH excluding ortho intramolecular Hbond substituents is 1. The van der Waals surface area contributed by atoms with Crippen molar-refractivity contribution in [3.05, 3.63) is 193 Å². The molecule has 316 valence electrons. The minimum atomic E-state index is -0.0442. The van der Waals surface area contributed by atoms with E-state index in [0.717, 1.165) is 56.0 Å². The number of fused-ring (bicyclic) bond motifs is 6. The van der Waals surface area contributed by atoms with Gasteiger partial charge >= 0.3 is 0 Å². The van der Waals surface area contributed by atoms with E-state index >= 15 is 0 Å². The number of phenols is 1. The number of rotatable bonds is 6. The molecule has 11 aromatic rings. The van der Waals surface area contributed by atoms with Gasteiger partial charge in [-0.2, -0.15) is 0 Å². The van der Waals surface area contributed by atoms with E-state index in [1.807, 2.05) is 41.8 Å². The fraction of sp³-hybridized carbons (Fsp3) is 0.133. The van der Waals surface area contributed by atoms with E-state index in [-0.39, 0.29) is 16.6 Å². The van der Waals surface area contributed by atoms with E-state index in [0.29, 0.717) is 11.3 Å². The van der Waals surface area contributed by atoms with Gasteiger partial charge in [0, 0.05) is 65.1 Å². The number of hydrogen-bond acceptors (Lipinski definition) is 4. The van der Waals surface area contributed by atoms with E-state index in [1.165, 1.54) is 47.6 Å². The Kier molecular flexibility index (Phi) is 9.60. The Bertz CT molecular complexity index is 3620. The summed E-state index contributed by atoms with van der Waals surface area (Å²) >= 11 is 1.85. The quantitative estimate of drug-likeness (QED) is 0.181. The molecule has 0 fully saturated rings. The summed E-state index contributed by atoms with van der Waals surface area (Å²) in [6, 6.07) is 62.6. The first-order chi connectivity index (χ1) is 31.4. The van der Waals surface area contributed by atoms with Gasteiger partial charge in [0.2, 0.25) is 0 Å². The first kappa shape index (κ1) is 40.4. The highest BCUT2D eigenvalue weighted by Crippen LogP contribution is 2.42. The Hall–Kier alpha value is -7.34. The molecule has 0 aliphatic rings. The third-order valence-corrected chi connectivity index (χ3v) is 14.0. The van der Waals surface area contributed by atoms with Crippen LogP contribution in [0.2, 0.25) is 0 Å².